The van der Waals surface area contributed by atoms with Gasteiger partial charge < -0.3 is 10.2 Å². The molecule has 7 heteroatoms. The number of amides is 1. The molecule has 22 heavy (non-hydrogen) atoms. The van der Waals surface area contributed by atoms with Crippen molar-refractivity contribution in [3.8, 4) is 0 Å². The number of hydrogen-bond donors (Lipinski definition) is 2. The number of benzene rings is 1. The Morgan fingerprint density at radius 1 is 1.27 bits per heavy atom. The van der Waals surface area contributed by atoms with Crippen LogP contribution >= 0.6 is 11.6 Å². The molecule has 0 saturated heterocycles. The summed E-state index contributed by atoms with van der Waals surface area (Å²) in [5, 5.41) is 10.9. The maximum absolute atomic E-state index is 12.4. The summed E-state index contributed by atoms with van der Waals surface area (Å²) >= 11 is 5.97. The molecule has 3 aromatic rings. The van der Waals surface area contributed by atoms with E-state index >= 15 is 0 Å². The Kier molecular flexibility index (Phi) is 3.68. The van der Waals surface area contributed by atoms with Crippen LogP contribution in [0.15, 0.2) is 36.5 Å². The lowest BCUT2D eigenvalue weighted by Gasteiger charge is -2.13. The van der Waals surface area contributed by atoms with Crippen LogP contribution in [0.25, 0.3) is 10.9 Å². The second-order valence-corrected chi connectivity index (χ2v) is 5.44. The molecule has 0 aliphatic heterocycles. The van der Waals surface area contributed by atoms with Crippen molar-refractivity contribution < 1.29 is 4.79 Å². The second kappa shape index (κ2) is 5.65. The van der Waals surface area contributed by atoms with Crippen LogP contribution in [-0.2, 0) is 0 Å². The molecule has 0 unspecified atom stereocenters. The zero-order chi connectivity index (χ0) is 15.7. The molecule has 0 atom stereocenters. The summed E-state index contributed by atoms with van der Waals surface area (Å²) in [6, 6.07) is 8.77. The molecule has 0 bridgehead atoms. The molecule has 3 rings (SSSR count). The van der Waals surface area contributed by atoms with Gasteiger partial charge in [-0.3, -0.25) is 9.89 Å². The molecule has 0 radical (unpaired) electrons. The largest absolute Gasteiger partial charge is 0.363 e. The van der Waals surface area contributed by atoms with Gasteiger partial charge in [-0.2, -0.15) is 5.10 Å². The highest BCUT2D eigenvalue weighted by molar-refractivity contribution is 6.30. The first-order chi connectivity index (χ1) is 10.5. The standard InChI is InChI=1S/C15H14ClN5O/c1-21(2)14-6-10(5-13(16)19-14)15(22)18-11-4-3-9-8-17-20-12(9)7-11/h3-8H,1-2H3,(H,17,20)(H,18,22). The number of nitrogens with zero attached hydrogens (tertiary/aromatic N) is 3. The third-order valence-corrected chi connectivity index (χ3v) is 3.39. The van der Waals surface area contributed by atoms with E-state index in [9.17, 15) is 4.79 Å². The summed E-state index contributed by atoms with van der Waals surface area (Å²) in [6.07, 6.45) is 1.73. The first-order valence-electron chi connectivity index (χ1n) is 6.62. The van der Waals surface area contributed by atoms with Crippen LogP contribution < -0.4 is 10.2 Å². The van der Waals surface area contributed by atoms with Gasteiger partial charge in [0.05, 0.1) is 11.7 Å². The molecule has 2 N–H and O–H groups in total. The van der Waals surface area contributed by atoms with Crippen LogP contribution in [0.1, 0.15) is 10.4 Å². The van der Waals surface area contributed by atoms with Crippen LogP contribution in [0.4, 0.5) is 11.5 Å². The van der Waals surface area contributed by atoms with E-state index < -0.39 is 0 Å². The Labute approximate surface area is 132 Å². The third kappa shape index (κ3) is 2.87. The van der Waals surface area contributed by atoms with Crippen LogP contribution in [0, 0.1) is 0 Å². The summed E-state index contributed by atoms with van der Waals surface area (Å²) in [5.74, 6) is 0.382. The van der Waals surface area contributed by atoms with Crippen molar-refractivity contribution in [2.45, 2.75) is 0 Å². The predicted octanol–water partition coefficient (Wildman–Crippen LogP) is 2.93. The Balaban J connectivity index is 1.87. The Morgan fingerprint density at radius 2 is 2.09 bits per heavy atom. The van der Waals surface area contributed by atoms with E-state index in [1.807, 2.05) is 32.3 Å². The lowest BCUT2D eigenvalue weighted by molar-refractivity contribution is 0.102. The van der Waals surface area contributed by atoms with Gasteiger partial charge in [-0.25, -0.2) is 4.98 Å². The topological polar surface area (TPSA) is 73.9 Å². The number of rotatable bonds is 3. The molecule has 0 aliphatic carbocycles. The minimum absolute atomic E-state index is 0.244. The van der Waals surface area contributed by atoms with Crippen molar-refractivity contribution in [2.75, 3.05) is 24.3 Å². The highest BCUT2D eigenvalue weighted by atomic mass is 35.5. The Morgan fingerprint density at radius 3 is 2.86 bits per heavy atom. The van der Waals surface area contributed by atoms with Crippen LogP contribution in [0.3, 0.4) is 0 Å². The number of nitrogens with one attached hydrogen (secondary N) is 2. The van der Waals surface area contributed by atoms with Gasteiger partial charge in [0.25, 0.3) is 5.91 Å². The van der Waals surface area contributed by atoms with Crippen molar-refractivity contribution in [1.82, 2.24) is 15.2 Å². The van der Waals surface area contributed by atoms with Crippen molar-refractivity contribution in [3.63, 3.8) is 0 Å². The Bertz CT molecular complexity index is 843. The van der Waals surface area contributed by atoms with E-state index in [-0.39, 0.29) is 11.1 Å². The number of H-pyrrole nitrogens is 1. The molecular formula is C15H14ClN5O. The van der Waals surface area contributed by atoms with Gasteiger partial charge in [-0.1, -0.05) is 11.6 Å². The maximum atomic E-state index is 12.4. The molecule has 0 fully saturated rings. The summed E-state index contributed by atoms with van der Waals surface area (Å²) in [5.41, 5.74) is 1.99. The minimum Gasteiger partial charge on any atom is -0.363 e. The first kappa shape index (κ1) is 14.3. The predicted molar refractivity (Wildman–Crippen MR) is 87.6 cm³/mol. The molecular weight excluding hydrogens is 302 g/mol. The average Bonchev–Trinajstić information content (AvgIpc) is 2.94. The fourth-order valence-corrected chi connectivity index (χ4v) is 2.27. The zero-order valence-electron chi connectivity index (χ0n) is 12.1. The lowest BCUT2D eigenvalue weighted by Crippen LogP contribution is -2.15. The quantitative estimate of drug-likeness (QED) is 0.729. The number of anilines is 2. The number of hydrogen-bond acceptors (Lipinski definition) is 4. The van der Waals surface area contributed by atoms with Gasteiger partial charge in [0.2, 0.25) is 0 Å². The van der Waals surface area contributed by atoms with E-state index in [1.54, 1.807) is 23.2 Å². The molecule has 2 aromatic heterocycles. The van der Waals surface area contributed by atoms with E-state index in [0.29, 0.717) is 17.1 Å². The lowest BCUT2D eigenvalue weighted by atomic mass is 10.2. The number of halogens is 1. The SMILES string of the molecule is CN(C)c1cc(C(=O)Nc2ccc3cn[nH]c3c2)cc(Cl)n1. The monoisotopic (exact) mass is 315 g/mol. The average molecular weight is 316 g/mol. The molecule has 0 spiro atoms. The molecule has 0 saturated carbocycles. The minimum atomic E-state index is -0.244. The Hall–Kier alpha value is -2.60. The maximum Gasteiger partial charge on any atom is 0.255 e. The molecule has 1 aromatic carbocycles. The van der Waals surface area contributed by atoms with Gasteiger partial charge in [-0.05, 0) is 30.3 Å². The molecule has 6 nitrogen and oxygen atoms in total. The first-order valence-corrected chi connectivity index (χ1v) is 7.00. The van der Waals surface area contributed by atoms with Gasteiger partial charge >= 0.3 is 0 Å². The molecule has 1 amide bonds. The van der Waals surface area contributed by atoms with Gasteiger partial charge in [0.1, 0.15) is 11.0 Å². The number of aromatic nitrogens is 3. The van der Waals surface area contributed by atoms with E-state index in [1.165, 1.54) is 0 Å². The van der Waals surface area contributed by atoms with Gasteiger partial charge in [0.15, 0.2) is 0 Å². The van der Waals surface area contributed by atoms with E-state index in [2.05, 4.69) is 20.5 Å². The summed E-state index contributed by atoms with van der Waals surface area (Å²) in [6.45, 7) is 0. The third-order valence-electron chi connectivity index (χ3n) is 3.20. The summed E-state index contributed by atoms with van der Waals surface area (Å²) in [4.78, 5) is 18.3. The van der Waals surface area contributed by atoms with Crippen molar-refractivity contribution in [1.29, 1.82) is 0 Å². The number of fused-ring (bicyclic) bond motifs is 1. The van der Waals surface area contributed by atoms with Crippen molar-refractivity contribution in [2.24, 2.45) is 0 Å². The normalized spacial score (nSPS) is 10.7. The van der Waals surface area contributed by atoms with Crippen LogP contribution in [0.2, 0.25) is 5.15 Å². The molecule has 112 valence electrons. The highest BCUT2D eigenvalue weighted by Crippen LogP contribution is 2.20. The van der Waals surface area contributed by atoms with Gasteiger partial charge in [-0.15, -0.1) is 0 Å². The van der Waals surface area contributed by atoms with Crippen molar-refractivity contribution >= 4 is 39.9 Å². The highest BCUT2D eigenvalue weighted by Gasteiger charge is 2.11. The molecule has 2 heterocycles. The summed E-state index contributed by atoms with van der Waals surface area (Å²) < 4.78 is 0. The summed E-state index contributed by atoms with van der Waals surface area (Å²) in [7, 11) is 3.68. The van der Waals surface area contributed by atoms with Crippen LogP contribution in [-0.4, -0.2) is 35.2 Å². The number of carbonyl (C=O) groups is 1. The second-order valence-electron chi connectivity index (χ2n) is 5.06. The van der Waals surface area contributed by atoms with E-state index in [0.717, 1.165) is 10.9 Å². The fourth-order valence-electron chi connectivity index (χ4n) is 2.06. The van der Waals surface area contributed by atoms with Gasteiger partial charge in [0, 0.05) is 30.7 Å². The number of carbonyl (C=O) groups excluding carboxylic acids is 1. The smallest absolute Gasteiger partial charge is 0.255 e. The van der Waals surface area contributed by atoms with E-state index in [4.69, 9.17) is 11.6 Å². The number of aromatic amines is 1. The molecule has 0 aliphatic rings. The number of pyridine rings is 1. The van der Waals surface area contributed by atoms with Crippen LogP contribution in [0.5, 0.6) is 0 Å². The zero-order valence-corrected chi connectivity index (χ0v) is 12.8. The van der Waals surface area contributed by atoms with Crippen molar-refractivity contribution in [3.05, 3.63) is 47.2 Å². The fraction of sp³-hybridized carbons (Fsp3) is 0.133.